The van der Waals surface area contributed by atoms with Gasteiger partial charge in [-0.05, 0) is 48.5 Å². The number of rotatable bonds is 5. The van der Waals surface area contributed by atoms with Crippen LogP contribution in [0.4, 0.5) is 15.8 Å². The molecule has 30 heavy (non-hydrogen) atoms. The summed E-state index contributed by atoms with van der Waals surface area (Å²) in [6.45, 7) is 0. The smallest absolute Gasteiger partial charge is 0.257 e. The van der Waals surface area contributed by atoms with Crippen LogP contribution < -0.4 is 10.6 Å². The third-order valence-corrected chi connectivity index (χ3v) is 4.39. The van der Waals surface area contributed by atoms with Gasteiger partial charge >= 0.3 is 0 Å². The Bertz CT molecular complexity index is 1080. The van der Waals surface area contributed by atoms with Gasteiger partial charge in [0.05, 0.1) is 11.3 Å². The summed E-state index contributed by atoms with van der Waals surface area (Å²) in [5, 5.41) is 13.4. The minimum atomic E-state index is -0.424. The van der Waals surface area contributed by atoms with Gasteiger partial charge in [-0.2, -0.15) is 0 Å². The number of hydrogen-bond donors (Lipinski definition) is 3. The number of carbonyl (C=O) groups is 2. The normalized spacial score (nSPS) is 10.2. The summed E-state index contributed by atoms with van der Waals surface area (Å²) >= 11 is 0. The Morgan fingerprint density at radius 1 is 0.800 bits per heavy atom. The molecule has 0 saturated heterocycles. The standard InChI is InChI=1S/C23H21FN4O2/c1-28(2)21(25)15-7-9-16(10-8-15)22(29)27-20-6-4-3-5-19(20)23(30)26-18-13-11-17(24)12-14-18/h3-14,25H,1-2H3,(H,26,30)(H,27,29). The van der Waals surface area contributed by atoms with Gasteiger partial charge in [0.25, 0.3) is 11.8 Å². The van der Waals surface area contributed by atoms with Gasteiger partial charge in [-0.3, -0.25) is 15.0 Å². The maximum Gasteiger partial charge on any atom is 0.257 e. The topological polar surface area (TPSA) is 85.3 Å². The molecule has 6 nitrogen and oxygen atoms in total. The van der Waals surface area contributed by atoms with Gasteiger partial charge in [-0.1, -0.05) is 24.3 Å². The van der Waals surface area contributed by atoms with Crippen molar-refractivity contribution in [3.05, 3.63) is 95.3 Å². The number of carbonyl (C=O) groups excluding carboxylic acids is 2. The van der Waals surface area contributed by atoms with Gasteiger partial charge < -0.3 is 15.5 Å². The fraction of sp³-hybridized carbons (Fsp3) is 0.0870. The number of benzene rings is 3. The van der Waals surface area contributed by atoms with Crippen LogP contribution in [0.1, 0.15) is 26.3 Å². The van der Waals surface area contributed by atoms with Crippen molar-refractivity contribution in [2.45, 2.75) is 0 Å². The molecule has 0 fully saturated rings. The van der Waals surface area contributed by atoms with Crippen molar-refractivity contribution in [2.75, 3.05) is 24.7 Å². The Hall–Kier alpha value is -4.00. The van der Waals surface area contributed by atoms with Crippen molar-refractivity contribution >= 4 is 29.0 Å². The summed E-state index contributed by atoms with van der Waals surface area (Å²) in [5.74, 6) is -0.857. The molecule has 3 N–H and O–H groups in total. The number of anilines is 2. The predicted molar refractivity (Wildman–Crippen MR) is 116 cm³/mol. The molecule has 3 aromatic carbocycles. The molecule has 0 aliphatic rings. The maximum atomic E-state index is 13.1. The average Bonchev–Trinajstić information content (AvgIpc) is 2.75. The van der Waals surface area contributed by atoms with Crippen LogP contribution in [0.2, 0.25) is 0 Å². The number of halogens is 1. The lowest BCUT2D eigenvalue weighted by Gasteiger charge is -2.14. The quantitative estimate of drug-likeness (QED) is 0.440. The average molecular weight is 404 g/mol. The molecule has 0 aromatic heterocycles. The Balaban J connectivity index is 1.75. The number of nitrogens with one attached hydrogen (secondary N) is 3. The second kappa shape index (κ2) is 9.00. The largest absolute Gasteiger partial charge is 0.363 e. The lowest BCUT2D eigenvalue weighted by molar-refractivity contribution is 0.102. The zero-order valence-corrected chi connectivity index (χ0v) is 16.6. The molecule has 0 heterocycles. The molecule has 2 amide bonds. The second-order valence-electron chi connectivity index (χ2n) is 6.78. The second-order valence-corrected chi connectivity index (χ2v) is 6.78. The zero-order chi connectivity index (χ0) is 21.7. The molecule has 3 rings (SSSR count). The predicted octanol–water partition coefficient (Wildman–Crippen LogP) is 4.22. The fourth-order valence-electron chi connectivity index (χ4n) is 2.75. The molecular weight excluding hydrogens is 383 g/mol. The molecule has 0 saturated carbocycles. The van der Waals surface area contributed by atoms with Crippen LogP contribution >= 0.6 is 0 Å². The summed E-state index contributed by atoms with van der Waals surface area (Å²) in [5.41, 5.74) is 2.17. The number of para-hydroxylation sites is 1. The highest BCUT2D eigenvalue weighted by atomic mass is 19.1. The Morgan fingerprint density at radius 2 is 1.40 bits per heavy atom. The Morgan fingerprint density at radius 3 is 2.03 bits per heavy atom. The van der Waals surface area contributed by atoms with Gasteiger partial charge in [-0.25, -0.2) is 4.39 Å². The van der Waals surface area contributed by atoms with Gasteiger partial charge in [0, 0.05) is 30.9 Å². The van der Waals surface area contributed by atoms with Crippen molar-refractivity contribution in [1.82, 2.24) is 4.90 Å². The van der Waals surface area contributed by atoms with E-state index in [0.717, 1.165) is 0 Å². The van der Waals surface area contributed by atoms with E-state index in [1.54, 1.807) is 67.5 Å². The fourth-order valence-corrected chi connectivity index (χ4v) is 2.75. The van der Waals surface area contributed by atoms with Gasteiger partial charge in [0.2, 0.25) is 0 Å². The number of nitrogens with zero attached hydrogens (tertiary/aromatic N) is 1. The lowest BCUT2D eigenvalue weighted by atomic mass is 10.1. The van der Waals surface area contributed by atoms with E-state index in [0.29, 0.717) is 28.3 Å². The zero-order valence-electron chi connectivity index (χ0n) is 16.6. The first-order valence-corrected chi connectivity index (χ1v) is 9.19. The number of amides is 2. The summed E-state index contributed by atoms with van der Waals surface area (Å²) in [4.78, 5) is 27.0. The summed E-state index contributed by atoms with van der Waals surface area (Å²) in [6, 6.07) is 18.7. The van der Waals surface area contributed by atoms with E-state index < -0.39 is 11.7 Å². The van der Waals surface area contributed by atoms with Crippen molar-refractivity contribution < 1.29 is 14.0 Å². The molecular formula is C23H21FN4O2. The molecule has 0 aliphatic heterocycles. The molecule has 7 heteroatoms. The van der Waals surface area contributed by atoms with Crippen LogP contribution in [0.15, 0.2) is 72.8 Å². The van der Waals surface area contributed by atoms with Crippen molar-refractivity contribution in [1.29, 1.82) is 5.41 Å². The first-order chi connectivity index (χ1) is 14.3. The molecule has 0 atom stereocenters. The van der Waals surface area contributed by atoms with Gasteiger partial charge in [-0.15, -0.1) is 0 Å². The SMILES string of the molecule is CN(C)C(=N)c1ccc(C(=O)Nc2ccccc2C(=O)Nc2ccc(F)cc2)cc1. The highest BCUT2D eigenvalue weighted by Crippen LogP contribution is 2.19. The van der Waals surface area contributed by atoms with Crippen LogP contribution in [-0.4, -0.2) is 36.6 Å². The van der Waals surface area contributed by atoms with Crippen molar-refractivity contribution in [2.24, 2.45) is 0 Å². The van der Waals surface area contributed by atoms with E-state index in [1.807, 2.05) is 0 Å². The Kier molecular flexibility index (Phi) is 6.22. The molecule has 152 valence electrons. The first-order valence-electron chi connectivity index (χ1n) is 9.19. The van der Waals surface area contributed by atoms with Crippen LogP contribution in [0.25, 0.3) is 0 Å². The van der Waals surface area contributed by atoms with E-state index in [-0.39, 0.29) is 11.5 Å². The maximum absolute atomic E-state index is 13.1. The Labute approximate surface area is 173 Å². The van der Waals surface area contributed by atoms with E-state index in [4.69, 9.17) is 5.41 Å². The van der Waals surface area contributed by atoms with Crippen LogP contribution in [0, 0.1) is 11.2 Å². The minimum Gasteiger partial charge on any atom is -0.363 e. The van der Waals surface area contributed by atoms with Crippen molar-refractivity contribution in [3.8, 4) is 0 Å². The molecule has 0 bridgehead atoms. The van der Waals surface area contributed by atoms with Crippen LogP contribution in [-0.2, 0) is 0 Å². The van der Waals surface area contributed by atoms with Crippen molar-refractivity contribution in [3.63, 3.8) is 0 Å². The third kappa shape index (κ3) is 4.88. The highest BCUT2D eigenvalue weighted by molar-refractivity contribution is 6.12. The van der Waals surface area contributed by atoms with Gasteiger partial charge in [0.1, 0.15) is 11.7 Å². The third-order valence-electron chi connectivity index (χ3n) is 4.39. The minimum absolute atomic E-state index is 0.279. The van der Waals surface area contributed by atoms with Gasteiger partial charge in [0.15, 0.2) is 0 Å². The van der Waals surface area contributed by atoms with E-state index in [1.165, 1.54) is 24.3 Å². The molecule has 0 unspecified atom stereocenters. The number of amidine groups is 1. The molecule has 0 spiro atoms. The molecule has 3 aromatic rings. The van der Waals surface area contributed by atoms with Crippen LogP contribution in [0.3, 0.4) is 0 Å². The molecule has 0 aliphatic carbocycles. The summed E-state index contributed by atoms with van der Waals surface area (Å²) < 4.78 is 13.1. The number of hydrogen-bond acceptors (Lipinski definition) is 3. The van der Waals surface area contributed by atoms with E-state index >= 15 is 0 Å². The van der Waals surface area contributed by atoms with Crippen LogP contribution in [0.5, 0.6) is 0 Å². The summed E-state index contributed by atoms with van der Waals surface area (Å²) in [6.07, 6.45) is 0. The monoisotopic (exact) mass is 404 g/mol. The van der Waals surface area contributed by atoms with E-state index in [2.05, 4.69) is 10.6 Å². The summed E-state index contributed by atoms with van der Waals surface area (Å²) in [7, 11) is 3.55. The highest BCUT2D eigenvalue weighted by Gasteiger charge is 2.15. The first kappa shape index (κ1) is 20.7. The lowest BCUT2D eigenvalue weighted by Crippen LogP contribution is -2.22. The van der Waals surface area contributed by atoms with E-state index in [9.17, 15) is 14.0 Å². The molecule has 0 radical (unpaired) electrons.